The van der Waals surface area contributed by atoms with E-state index in [-0.39, 0.29) is 50.2 Å². The standard InChI is InChI=1S/C65H118N3O10S/c1-6-9-12-15-17-19-21-23-25-27-32-36-40-47-60(69)75-54-59(55-76-61(70)48-41-37-33-28-26-24-22-20-18-16-13-10-7-2)78-62(71)52-57(4)45-39-35-31-29-30-34-38-43-51-74-65(72)77-56-68(5)49-44-46-58(53-68)63-64(67-79-66-63)73-50-42-14-11-8-3/h46,57,59H,6-45,47-56H2,1-5H3/q+1. The number of likely N-dealkylation sites (N-methyl/N-ethyl adjacent to an activating group) is 1. The van der Waals surface area contributed by atoms with Gasteiger partial charge in [0.15, 0.2) is 6.10 Å². The van der Waals surface area contributed by atoms with Crippen molar-refractivity contribution in [2.24, 2.45) is 5.92 Å². The summed E-state index contributed by atoms with van der Waals surface area (Å²) >= 11 is 1.17. The van der Waals surface area contributed by atoms with Crippen molar-refractivity contribution in [3.05, 3.63) is 11.8 Å². The van der Waals surface area contributed by atoms with Gasteiger partial charge in [-0.05, 0) is 31.6 Å². The third-order valence-corrected chi connectivity index (χ3v) is 16.1. The predicted octanol–water partition coefficient (Wildman–Crippen LogP) is 18.3. The van der Waals surface area contributed by atoms with E-state index in [0.717, 1.165) is 133 Å². The van der Waals surface area contributed by atoms with Crippen molar-refractivity contribution in [3.8, 4) is 5.88 Å². The van der Waals surface area contributed by atoms with E-state index in [1.165, 1.54) is 153 Å². The van der Waals surface area contributed by atoms with Crippen LogP contribution < -0.4 is 4.74 Å². The van der Waals surface area contributed by atoms with Crippen LogP contribution in [0.5, 0.6) is 5.88 Å². The summed E-state index contributed by atoms with van der Waals surface area (Å²) in [4.78, 5) is 51.1. The molecular weight excluding hydrogens is 1010 g/mol. The molecule has 2 rings (SSSR count). The summed E-state index contributed by atoms with van der Waals surface area (Å²) in [6, 6.07) is 0. The van der Waals surface area contributed by atoms with Crippen molar-refractivity contribution in [2.45, 2.75) is 310 Å². The maximum Gasteiger partial charge on any atom is 0.512 e. The second kappa shape index (κ2) is 50.5. The van der Waals surface area contributed by atoms with Crippen LogP contribution in [0.4, 0.5) is 4.79 Å². The molecule has 1 aromatic heterocycles. The van der Waals surface area contributed by atoms with E-state index in [1.807, 2.05) is 0 Å². The number of nitrogens with zero attached hydrogens (tertiary/aromatic N) is 3. The average molecular weight is 1130 g/mol. The molecule has 458 valence electrons. The molecule has 2 unspecified atom stereocenters. The summed E-state index contributed by atoms with van der Waals surface area (Å²) in [6.45, 7) is 11.4. The Hall–Kier alpha value is -3.26. The summed E-state index contributed by atoms with van der Waals surface area (Å²) in [5, 5.41) is 0. The van der Waals surface area contributed by atoms with Crippen LogP contribution in [0.1, 0.15) is 309 Å². The zero-order chi connectivity index (χ0) is 57.1. The van der Waals surface area contributed by atoms with E-state index in [0.29, 0.717) is 43.0 Å². The monoisotopic (exact) mass is 1130 g/mol. The molecule has 14 heteroatoms. The Kier molecular flexibility index (Phi) is 45.9. The molecule has 0 saturated carbocycles. The third-order valence-electron chi connectivity index (χ3n) is 15.6. The molecule has 13 nitrogen and oxygen atoms in total. The Morgan fingerprint density at radius 2 is 0.949 bits per heavy atom. The Morgan fingerprint density at radius 3 is 1.44 bits per heavy atom. The van der Waals surface area contributed by atoms with E-state index in [4.69, 9.17) is 28.4 Å². The fourth-order valence-electron chi connectivity index (χ4n) is 10.4. The number of carbonyl (C=O) groups excluding carboxylic acids is 4. The summed E-state index contributed by atoms with van der Waals surface area (Å²) in [7, 11) is 2.09. The molecule has 2 heterocycles. The van der Waals surface area contributed by atoms with Gasteiger partial charge in [0.25, 0.3) is 5.88 Å². The number of rotatable bonds is 55. The molecule has 0 N–H and O–H groups in total. The van der Waals surface area contributed by atoms with Gasteiger partial charge in [-0.3, -0.25) is 18.9 Å². The van der Waals surface area contributed by atoms with E-state index < -0.39 is 12.3 Å². The van der Waals surface area contributed by atoms with Gasteiger partial charge in [0.1, 0.15) is 25.5 Å². The van der Waals surface area contributed by atoms with Gasteiger partial charge in [-0.1, -0.05) is 258 Å². The van der Waals surface area contributed by atoms with Crippen LogP contribution in [-0.2, 0) is 38.1 Å². The van der Waals surface area contributed by atoms with Crippen LogP contribution in [0.15, 0.2) is 6.08 Å². The number of quaternary nitrogens is 1. The number of aromatic nitrogens is 2. The van der Waals surface area contributed by atoms with Crippen molar-refractivity contribution in [1.29, 1.82) is 0 Å². The SMILES string of the molecule is CCCCCCCCCCCCCCCC(=O)OCC(COC(=O)CCCCCCCCCCCCCCC)OC(=O)CC(C)CCCCCCCCCCOC(=O)OC[N+]1(C)CCC=C(c2nsnc2OCCCCCC)C1. The molecule has 0 amide bonds. The lowest BCUT2D eigenvalue weighted by atomic mass is 9.99. The van der Waals surface area contributed by atoms with Gasteiger partial charge in [0.2, 0.25) is 6.73 Å². The zero-order valence-corrected chi connectivity index (χ0v) is 52.2. The van der Waals surface area contributed by atoms with Crippen molar-refractivity contribution in [2.75, 3.05) is 53.3 Å². The Morgan fingerprint density at radius 1 is 0.519 bits per heavy atom. The lowest BCUT2D eigenvalue weighted by molar-refractivity contribution is -0.919. The maximum absolute atomic E-state index is 13.2. The molecule has 1 aromatic rings. The summed E-state index contributed by atoms with van der Waals surface area (Å²) in [5.74, 6) is -0.193. The zero-order valence-electron chi connectivity index (χ0n) is 51.4. The van der Waals surface area contributed by atoms with Crippen LogP contribution in [0, 0.1) is 5.92 Å². The van der Waals surface area contributed by atoms with Gasteiger partial charge in [0, 0.05) is 31.3 Å². The van der Waals surface area contributed by atoms with Gasteiger partial charge in [-0.25, -0.2) is 4.79 Å². The molecule has 79 heavy (non-hydrogen) atoms. The van der Waals surface area contributed by atoms with Gasteiger partial charge in [0.05, 0.1) is 38.5 Å². The van der Waals surface area contributed by atoms with Crippen molar-refractivity contribution in [1.82, 2.24) is 8.75 Å². The van der Waals surface area contributed by atoms with E-state index in [1.54, 1.807) is 0 Å². The van der Waals surface area contributed by atoms with E-state index in [2.05, 4.69) is 49.6 Å². The minimum absolute atomic E-state index is 0.106. The molecule has 1 aliphatic heterocycles. The third kappa shape index (κ3) is 41.4. The molecular formula is C65H118N3O10S+. The molecule has 0 saturated heterocycles. The van der Waals surface area contributed by atoms with Crippen LogP contribution in [-0.4, -0.2) is 96.7 Å². The highest BCUT2D eigenvalue weighted by Gasteiger charge is 2.31. The molecule has 0 radical (unpaired) electrons. The smallest absolute Gasteiger partial charge is 0.475 e. The van der Waals surface area contributed by atoms with E-state index >= 15 is 0 Å². The Labute approximate surface area is 486 Å². The molecule has 2 atom stereocenters. The predicted molar refractivity (Wildman–Crippen MR) is 323 cm³/mol. The Balaban J connectivity index is 1.60. The number of unbranched alkanes of at least 4 members (excludes halogenated alkanes) is 34. The normalized spacial score (nSPS) is 14.7. The highest BCUT2D eigenvalue weighted by atomic mass is 32.1. The fraction of sp³-hybridized carbons (Fsp3) is 0.877. The summed E-state index contributed by atoms with van der Waals surface area (Å²) in [6.07, 6.45) is 48.7. The number of hydrogen-bond acceptors (Lipinski definition) is 13. The lowest BCUT2D eigenvalue weighted by Crippen LogP contribution is -2.49. The highest BCUT2D eigenvalue weighted by molar-refractivity contribution is 6.99. The first-order chi connectivity index (χ1) is 38.6. The average Bonchev–Trinajstić information content (AvgIpc) is 3.94. The first-order valence-electron chi connectivity index (χ1n) is 32.9. The number of hydrogen-bond donors (Lipinski definition) is 0. The first-order valence-corrected chi connectivity index (χ1v) is 33.6. The molecule has 0 aliphatic carbocycles. The topological polar surface area (TPSA) is 149 Å². The number of esters is 3. The maximum atomic E-state index is 13.2. The second-order valence-electron chi connectivity index (χ2n) is 23.6. The van der Waals surface area contributed by atoms with Crippen molar-refractivity contribution >= 4 is 41.4 Å². The summed E-state index contributed by atoms with van der Waals surface area (Å²) in [5.41, 5.74) is 1.89. The number of ether oxygens (including phenoxy) is 6. The summed E-state index contributed by atoms with van der Waals surface area (Å²) < 4.78 is 43.5. The molecule has 0 fully saturated rings. The Bertz CT molecular complexity index is 1630. The van der Waals surface area contributed by atoms with E-state index in [9.17, 15) is 19.2 Å². The van der Waals surface area contributed by atoms with Gasteiger partial charge in [-0.15, -0.1) is 4.37 Å². The van der Waals surface area contributed by atoms with Gasteiger partial charge < -0.3 is 28.4 Å². The minimum atomic E-state index is -0.819. The van der Waals surface area contributed by atoms with Crippen LogP contribution in [0.2, 0.25) is 0 Å². The number of carbonyl (C=O) groups is 4. The van der Waals surface area contributed by atoms with Crippen LogP contribution >= 0.6 is 11.7 Å². The van der Waals surface area contributed by atoms with Crippen LogP contribution in [0.25, 0.3) is 5.57 Å². The fourth-order valence-corrected chi connectivity index (χ4v) is 11.0. The lowest BCUT2D eigenvalue weighted by Gasteiger charge is -2.36. The molecule has 0 spiro atoms. The van der Waals surface area contributed by atoms with Crippen molar-refractivity contribution < 1.29 is 52.1 Å². The second-order valence-corrected chi connectivity index (χ2v) is 24.1. The largest absolute Gasteiger partial charge is 0.512 e. The highest BCUT2D eigenvalue weighted by Crippen LogP contribution is 2.30. The van der Waals surface area contributed by atoms with Gasteiger partial charge >= 0.3 is 24.1 Å². The van der Waals surface area contributed by atoms with Crippen molar-refractivity contribution in [3.63, 3.8) is 0 Å². The van der Waals surface area contributed by atoms with Gasteiger partial charge in [-0.2, -0.15) is 4.37 Å². The van der Waals surface area contributed by atoms with Crippen LogP contribution in [0.3, 0.4) is 0 Å². The quantitative estimate of drug-likeness (QED) is 0.0264. The molecule has 1 aliphatic rings. The molecule has 0 bridgehead atoms. The molecule has 0 aromatic carbocycles. The first kappa shape index (κ1) is 71.8. The minimum Gasteiger partial charge on any atom is -0.475 e.